The fourth-order valence-electron chi connectivity index (χ4n) is 4.47. The predicted molar refractivity (Wildman–Crippen MR) is 115 cm³/mol. The van der Waals surface area contributed by atoms with Gasteiger partial charge in [-0.05, 0) is 36.5 Å². The van der Waals surface area contributed by atoms with Crippen LogP contribution in [0.25, 0.3) is 0 Å². The van der Waals surface area contributed by atoms with E-state index in [0.717, 1.165) is 62.4 Å². The largest absolute Gasteiger partial charge is 0.399 e. The Labute approximate surface area is 172 Å². The highest BCUT2D eigenvalue weighted by molar-refractivity contribution is 5.83. The third-order valence-electron chi connectivity index (χ3n) is 6.19. The lowest BCUT2D eigenvalue weighted by Crippen LogP contribution is -2.43. The standard InChI is InChI=1S/C23H30N4O2/c1-3-4-13-26(2)22(28)21-18-7-5-6-8-19(18)23(29-21)10-14-27(15-11-23)20-16-17(24)9-12-25-20/h5-9,12,16,21H,3-4,10-11,13-15H2,1-2H3,(H2,24,25). The van der Waals surface area contributed by atoms with Gasteiger partial charge in [-0.2, -0.15) is 0 Å². The SMILES string of the molecule is CCCCN(C)C(=O)C1OC2(CCN(c3cc(N)ccn3)CC2)c2ccccc21. The summed E-state index contributed by atoms with van der Waals surface area (Å²) in [4.78, 5) is 21.7. The maximum atomic E-state index is 13.1. The minimum absolute atomic E-state index is 0.0581. The molecule has 0 radical (unpaired) electrons. The number of pyridine rings is 1. The van der Waals surface area contributed by atoms with Crippen LogP contribution in [0.2, 0.25) is 0 Å². The van der Waals surface area contributed by atoms with Crippen LogP contribution < -0.4 is 10.6 Å². The number of piperidine rings is 1. The summed E-state index contributed by atoms with van der Waals surface area (Å²) in [6.45, 7) is 4.53. The fourth-order valence-corrected chi connectivity index (χ4v) is 4.47. The molecule has 0 saturated carbocycles. The highest BCUT2D eigenvalue weighted by Crippen LogP contribution is 2.50. The number of aromatic nitrogens is 1. The van der Waals surface area contributed by atoms with E-state index in [1.54, 1.807) is 12.3 Å². The molecule has 2 aliphatic heterocycles. The van der Waals surface area contributed by atoms with E-state index < -0.39 is 11.7 Å². The molecule has 2 N–H and O–H groups in total. The summed E-state index contributed by atoms with van der Waals surface area (Å²) in [6.07, 6.45) is 4.95. The quantitative estimate of drug-likeness (QED) is 0.840. The third-order valence-corrected chi connectivity index (χ3v) is 6.19. The van der Waals surface area contributed by atoms with Gasteiger partial charge in [-0.25, -0.2) is 4.98 Å². The molecule has 0 bridgehead atoms. The number of nitrogens with two attached hydrogens (primary N) is 1. The van der Waals surface area contributed by atoms with E-state index in [2.05, 4.69) is 22.9 Å². The Morgan fingerprint density at radius 1 is 1.31 bits per heavy atom. The van der Waals surface area contributed by atoms with E-state index in [0.29, 0.717) is 0 Å². The fraction of sp³-hybridized carbons (Fsp3) is 0.478. The van der Waals surface area contributed by atoms with Gasteiger partial charge in [-0.15, -0.1) is 0 Å². The Balaban J connectivity index is 1.54. The highest BCUT2D eigenvalue weighted by atomic mass is 16.5. The van der Waals surface area contributed by atoms with Crippen molar-refractivity contribution < 1.29 is 9.53 Å². The van der Waals surface area contributed by atoms with Gasteiger partial charge in [-0.3, -0.25) is 4.79 Å². The number of carbonyl (C=O) groups is 1. The van der Waals surface area contributed by atoms with Gasteiger partial charge < -0.3 is 20.3 Å². The van der Waals surface area contributed by atoms with E-state index in [9.17, 15) is 4.79 Å². The Kier molecular flexibility index (Phi) is 5.46. The van der Waals surface area contributed by atoms with Gasteiger partial charge in [0.1, 0.15) is 5.82 Å². The van der Waals surface area contributed by atoms with Crippen molar-refractivity contribution >= 4 is 17.4 Å². The molecule has 1 atom stereocenters. The van der Waals surface area contributed by atoms with Gasteiger partial charge in [0, 0.05) is 44.6 Å². The molecule has 1 unspecified atom stereocenters. The molecule has 2 aliphatic rings. The monoisotopic (exact) mass is 394 g/mol. The second-order valence-electron chi connectivity index (χ2n) is 8.13. The molecular weight excluding hydrogens is 364 g/mol. The molecular formula is C23H30N4O2. The summed E-state index contributed by atoms with van der Waals surface area (Å²) >= 11 is 0. The number of nitrogen functional groups attached to an aromatic ring is 1. The molecule has 3 heterocycles. The molecule has 2 aromatic rings. The first-order chi connectivity index (χ1) is 14.0. The number of hydrogen-bond donors (Lipinski definition) is 1. The first-order valence-corrected chi connectivity index (χ1v) is 10.5. The van der Waals surface area contributed by atoms with Gasteiger partial charge in [0.25, 0.3) is 5.91 Å². The molecule has 0 aliphatic carbocycles. The molecule has 6 heteroatoms. The summed E-state index contributed by atoms with van der Waals surface area (Å²) in [5.41, 5.74) is 8.44. The van der Waals surface area contributed by atoms with Gasteiger partial charge in [0.2, 0.25) is 0 Å². The number of hydrogen-bond acceptors (Lipinski definition) is 5. The number of unbranched alkanes of at least 4 members (excludes halogenated alkanes) is 1. The number of rotatable bonds is 5. The van der Waals surface area contributed by atoms with Crippen LogP contribution in [0, 0.1) is 0 Å². The second-order valence-corrected chi connectivity index (χ2v) is 8.13. The van der Waals surface area contributed by atoms with Crippen molar-refractivity contribution in [1.82, 2.24) is 9.88 Å². The van der Waals surface area contributed by atoms with Crippen LogP contribution in [-0.4, -0.2) is 42.5 Å². The third kappa shape index (κ3) is 3.69. The molecule has 1 amide bonds. The van der Waals surface area contributed by atoms with Crippen molar-refractivity contribution in [2.75, 3.05) is 37.3 Å². The number of ether oxygens (including phenoxy) is 1. The molecule has 1 saturated heterocycles. The minimum atomic E-state index is -0.509. The van der Waals surface area contributed by atoms with Gasteiger partial charge >= 0.3 is 0 Å². The van der Waals surface area contributed by atoms with Crippen molar-refractivity contribution in [2.45, 2.75) is 44.3 Å². The lowest BCUT2D eigenvalue weighted by molar-refractivity contribution is -0.156. The number of amides is 1. The zero-order valence-corrected chi connectivity index (χ0v) is 17.3. The lowest BCUT2D eigenvalue weighted by Gasteiger charge is -2.40. The molecule has 1 aromatic carbocycles. The normalized spacial score (nSPS) is 19.9. The van der Waals surface area contributed by atoms with Crippen molar-refractivity contribution in [1.29, 1.82) is 0 Å². The first-order valence-electron chi connectivity index (χ1n) is 10.5. The van der Waals surface area contributed by atoms with Crippen LogP contribution in [0.15, 0.2) is 42.6 Å². The van der Waals surface area contributed by atoms with Crippen LogP contribution in [0.4, 0.5) is 11.5 Å². The second kappa shape index (κ2) is 8.03. The van der Waals surface area contributed by atoms with Crippen molar-refractivity contribution in [3.63, 3.8) is 0 Å². The van der Waals surface area contributed by atoms with Gasteiger partial charge in [0.05, 0.1) is 5.60 Å². The number of benzene rings is 1. The van der Waals surface area contributed by atoms with Crippen LogP contribution in [-0.2, 0) is 15.1 Å². The molecule has 4 rings (SSSR count). The smallest absolute Gasteiger partial charge is 0.256 e. The summed E-state index contributed by atoms with van der Waals surface area (Å²) in [6, 6.07) is 11.9. The molecule has 154 valence electrons. The van der Waals surface area contributed by atoms with Gasteiger partial charge in [0.15, 0.2) is 6.10 Å². The van der Waals surface area contributed by atoms with Crippen LogP contribution >= 0.6 is 0 Å². The average molecular weight is 395 g/mol. The Morgan fingerprint density at radius 3 is 2.79 bits per heavy atom. The highest BCUT2D eigenvalue weighted by Gasteiger charge is 2.49. The first kappa shape index (κ1) is 19.7. The summed E-state index contributed by atoms with van der Waals surface area (Å²) in [5, 5.41) is 0. The molecule has 6 nitrogen and oxygen atoms in total. The van der Waals surface area contributed by atoms with E-state index in [1.807, 2.05) is 36.2 Å². The van der Waals surface area contributed by atoms with E-state index in [-0.39, 0.29) is 5.91 Å². The van der Waals surface area contributed by atoms with Crippen LogP contribution in [0.3, 0.4) is 0 Å². The minimum Gasteiger partial charge on any atom is -0.399 e. The molecule has 29 heavy (non-hydrogen) atoms. The Bertz CT molecular complexity index is 877. The van der Waals surface area contributed by atoms with Crippen molar-refractivity contribution in [3.05, 3.63) is 53.7 Å². The summed E-state index contributed by atoms with van der Waals surface area (Å²) < 4.78 is 6.57. The molecule has 1 spiro atoms. The number of nitrogens with zero attached hydrogens (tertiary/aromatic N) is 3. The zero-order valence-electron chi connectivity index (χ0n) is 17.3. The van der Waals surface area contributed by atoms with Crippen molar-refractivity contribution in [2.24, 2.45) is 0 Å². The molecule has 1 aromatic heterocycles. The van der Waals surface area contributed by atoms with Crippen molar-refractivity contribution in [3.8, 4) is 0 Å². The number of anilines is 2. The van der Waals surface area contributed by atoms with Crippen LogP contribution in [0.5, 0.6) is 0 Å². The lowest BCUT2D eigenvalue weighted by atomic mass is 9.83. The number of fused-ring (bicyclic) bond motifs is 2. The maximum absolute atomic E-state index is 13.1. The Morgan fingerprint density at radius 2 is 2.07 bits per heavy atom. The number of likely N-dealkylation sites (N-methyl/N-ethyl adjacent to an activating group) is 1. The maximum Gasteiger partial charge on any atom is 0.256 e. The average Bonchev–Trinajstić information content (AvgIpc) is 3.06. The van der Waals surface area contributed by atoms with Gasteiger partial charge in [-0.1, -0.05) is 37.6 Å². The summed E-state index contributed by atoms with van der Waals surface area (Å²) in [7, 11) is 1.88. The number of carbonyl (C=O) groups excluding carboxylic acids is 1. The van der Waals surface area contributed by atoms with E-state index >= 15 is 0 Å². The zero-order chi connectivity index (χ0) is 20.4. The Hall–Kier alpha value is -2.60. The topological polar surface area (TPSA) is 71.7 Å². The van der Waals surface area contributed by atoms with E-state index in [4.69, 9.17) is 10.5 Å². The van der Waals surface area contributed by atoms with Crippen LogP contribution in [0.1, 0.15) is 49.8 Å². The summed E-state index contributed by atoms with van der Waals surface area (Å²) in [5.74, 6) is 0.959. The predicted octanol–water partition coefficient (Wildman–Crippen LogP) is 3.49. The molecule has 1 fully saturated rings. The van der Waals surface area contributed by atoms with E-state index in [1.165, 1.54) is 5.56 Å².